The van der Waals surface area contributed by atoms with Crippen molar-refractivity contribution in [2.24, 2.45) is 5.10 Å². The lowest BCUT2D eigenvalue weighted by Crippen LogP contribution is -2.24. The predicted molar refractivity (Wildman–Crippen MR) is 105 cm³/mol. The molecule has 26 heavy (non-hydrogen) atoms. The minimum absolute atomic E-state index is 0.286. The van der Waals surface area contributed by atoms with Crippen LogP contribution in [0.5, 0.6) is 0 Å². The van der Waals surface area contributed by atoms with Gasteiger partial charge < -0.3 is 4.57 Å². The van der Waals surface area contributed by atoms with Crippen molar-refractivity contribution in [3.05, 3.63) is 87.2 Å². The van der Waals surface area contributed by atoms with Gasteiger partial charge in [-0.05, 0) is 54.1 Å². The second-order valence-corrected chi connectivity index (χ2v) is 7.12. The van der Waals surface area contributed by atoms with Crippen LogP contribution in [0.2, 0.25) is 0 Å². The molecule has 3 rings (SSSR count). The second kappa shape index (κ2) is 8.25. The third kappa shape index (κ3) is 4.17. The summed E-state index contributed by atoms with van der Waals surface area (Å²) in [6, 6.07) is 13.3. The summed E-state index contributed by atoms with van der Waals surface area (Å²) in [6.07, 6.45) is 1.75. The fourth-order valence-electron chi connectivity index (χ4n) is 2.34. The van der Waals surface area contributed by atoms with E-state index < -0.39 is 0 Å². The SMILES string of the molecule is C=CCn1c(-c2ccc(F)cc2)cs/c1=N/NC(=O)c1ccc(Br)cc1. The van der Waals surface area contributed by atoms with Gasteiger partial charge in [-0.2, -0.15) is 0 Å². The number of nitrogens with one attached hydrogen (secondary N) is 1. The average Bonchev–Trinajstić information content (AvgIpc) is 3.04. The van der Waals surface area contributed by atoms with Crippen LogP contribution in [0.1, 0.15) is 10.4 Å². The van der Waals surface area contributed by atoms with Gasteiger partial charge in [-0.25, -0.2) is 9.82 Å². The van der Waals surface area contributed by atoms with Crippen molar-refractivity contribution >= 4 is 33.2 Å². The molecule has 1 N–H and O–H groups in total. The smallest absolute Gasteiger partial charge is 0.271 e. The number of halogens is 2. The maximum atomic E-state index is 13.2. The fourth-order valence-corrected chi connectivity index (χ4v) is 3.48. The predicted octanol–water partition coefficient (Wildman–Crippen LogP) is 4.55. The first-order valence-electron chi connectivity index (χ1n) is 7.73. The molecular formula is C19H15BrFN3OS. The van der Waals surface area contributed by atoms with E-state index in [2.05, 4.69) is 33.0 Å². The van der Waals surface area contributed by atoms with Crippen LogP contribution in [0.25, 0.3) is 11.3 Å². The molecule has 132 valence electrons. The molecule has 0 aliphatic rings. The fraction of sp³-hybridized carbons (Fsp3) is 0.0526. The number of rotatable bonds is 5. The molecule has 0 unspecified atom stereocenters. The summed E-state index contributed by atoms with van der Waals surface area (Å²) in [6.45, 7) is 4.28. The van der Waals surface area contributed by atoms with Gasteiger partial charge in [0.25, 0.3) is 5.91 Å². The van der Waals surface area contributed by atoms with Crippen molar-refractivity contribution in [2.75, 3.05) is 0 Å². The number of thiazole rings is 1. The van der Waals surface area contributed by atoms with E-state index in [4.69, 9.17) is 0 Å². The van der Waals surface area contributed by atoms with Gasteiger partial charge in [0, 0.05) is 22.0 Å². The van der Waals surface area contributed by atoms with E-state index in [0.29, 0.717) is 16.9 Å². The molecule has 7 heteroatoms. The molecule has 1 heterocycles. The molecule has 0 atom stereocenters. The number of nitrogens with zero attached hydrogens (tertiary/aromatic N) is 2. The van der Waals surface area contributed by atoms with E-state index in [9.17, 15) is 9.18 Å². The lowest BCUT2D eigenvalue weighted by molar-refractivity contribution is 0.0953. The minimum Gasteiger partial charge on any atom is -0.311 e. The van der Waals surface area contributed by atoms with Crippen molar-refractivity contribution < 1.29 is 9.18 Å². The Kier molecular flexibility index (Phi) is 5.80. The summed E-state index contributed by atoms with van der Waals surface area (Å²) in [5, 5.41) is 6.15. The first kappa shape index (κ1) is 18.3. The normalized spacial score (nSPS) is 11.4. The molecule has 0 saturated heterocycles. The van der Waals surface area contributed by atoms with Crippen molar-refractivity contribution in [1.82, 2.24) is 9.99 Å². The van der Waals surface area contributed by atoms with E-state index in [0.717, 1.165) is 15.7 Å². The van der Waals surface area contributed by atoms with Gasteiger partial charge in [0.2, 0.25) is 4.80 Å². The van der Waals surface area contributed by atoms with Crippen molar-refractivity contribution in [1.29, 1.82) is 0 Å². The van der Waals surface area contributed by atoms with E-state index in [1.807, 2.05) is 9.95 Å². The lowest BCUT2D eigenvalue weighted by Gasteiger charge is -2.06. The molecule has 0 aliphatic heterocycles. The summed E-state index contributed by atoms with van der Waals surface area (Å²) in [4.78, 5) is 12.8. The molecule has 3 aromatic rings. The number of carbonyl (C=O) groups is 1. The molecule has 1 amide bonds. The average molecular weight is 432 g/mol. The summed E-state index contributed by atoms with van der Waals surface area (Å²) in [5.74, 6) is -0.578. The number of allylic oxidation sites excluding steroid dienone is 1. The Morgan fingerprint density at radius 3 is 2.58 bits per heavy atom. The molecule has 0 spiro atoms. The van der Waals surface area contributed by atoms with Crippen LogP contribution in [0.15, 0.2) is 76.1 Å². The minimum atomic E-state index is -0.292. The quantitative estimate of drug-likeness (QED) is 0.467. The molecule has 0 aliphatic carbocycles. The van der Waals surface area contributed by atoms with Crippen LogP contribution >= 0.6 is 27.3 Å². The van der Waals surface area contributed by atoms with Crippen LogP contribution in [0.3, 0.4) is 0 Å². The molecule has 0 fully saturated rings. The van der Waals surface area contributed by atoms with E-state index in [-0.39, 0.29) is 11.7 Å². The highest BCUT2D eigenvalue weighted by atomic mass is 79.9. The Morgan fingerprint density at radius 2 is 1.92 bits per heavy atom. The Labute approximate surface area is 162 Å². The van der Waals surface area contributed by atoms with Crippen molar-refractivity contribution in [3.8, 4) is 11.3 Å². The van der Waals surface area contributed by atoms with E-state index >= 15 is 0 Å². The van der Waals surface area contributed by atoms with Gasteiger partial charge in [0.1, 0.15) is 5.82 Å². The molecular weight excluding hydrogens is 417 g/mol. The zero-order valence-electron chi connectivity index (χ0n) is 13.7. The Morgan fingerprint density at radius 1 is 1.23 bits per heavy atom. The first-order valence-corrected chi connectivity index (χ1v) is 9.40. The summed E-state index contributed by atoms with van der Waals surface area (Å²) < 4.78 is 16.0. The van der Waals surface area contributed by atoms with Crippen molar-refractivity contribution in [2.45, 2.75) is 6.54 Å². The van der Waals surface area contributed by atoms with Gasteiger partial charge in [0.05, 0.1) is 5.69 Å². The lowest BCUT2D eigenvalue weighted by atomic mass is 10.2. The van der Waals surface area contributed by atoms with Gasteiger partial charge in [-0.3, -0.25) is 4.79 Å². The van der Waals surface area contributed by atoms with Crippen LogP contribution in [0.4, 0.5) is 4.39 Å². The number of hydrogen-bond acceptors (Lipinski definition) is 3. The second-order valence-electron chi connectivity index (χ2n) is 5.37. The van der Waals surface area contributed by atoms with Gasteiger partial charge in [-0.15, -0.1) is 23.0 Å². The number of amides is 1. The zero-order valence-corrected chi connectivity index (χ0v) is 16.1. The molecule has 4 nitrogen and oxygen atoms in total. The molecule has 2 aromatic carbocycles. The summed E-state index contributed by atoms with van der Waals surface area (Å²) in [5.41, 5.74) is 4.84. The number of hydrogen-bond donors (Lipinski definition) is 1. The molecule has 0 bridgehead atoms. The highest BCUT2D eigenvalue weighted by molar-refractivity contribution is 9.10. The Bertz CT molecular complexity index is 991. The Hall–Kier alpha value is -2.51. The molecule has 0 saturated carbocycles. The highest BCUT2D eigenvalue weighted by Crippen LogP contribution is 2.20. The third-order valence-corrected chi connectivity index (χ3v) is 5.00. The van der Waals surface area contributed by atoms with Gasteiger partial charge in [0.15, 0.2) is 0 Å². The summed E-state index contributed by atoms with van der Waals surface area (Å²) in [7, 11) is 0. The van der Waals surface area contributed by atoms with E-state index in [1.54, 1.807) is 42.5 Å². The highest BCUT2D eigenvalue weighted by Gasteiger charge is 2.08. The summed E-state index contributed by atoms with van der Waals surface area (Å²) >= 11 is 4.72. The first-order chi connectivity index (χ1) is 12.6. The molecule has 1 aromatic heterocycles. The van der Waals surface area contributed by atoms with Crippen LogP contribution in [0, 0.1) is 5.82 Å². The Balaban J connectivity index is 1.90. The number of carbonyl (C=O) groups excluding carboxylic acids is 1. The zero-order chi connectivity index (χ0) is 18.5. The van der Waals surface area contributed by atoms with Crippen molar-refractivity contribution in [3.63, 3.8) is 0 Å². The standard InChI is InChI=1S/C19H15BrFN3OS/c1-2-11-24-17(13-5-9-16(21)10-6-13)12-26-19(24)23-22-18(25)14-3-7-15(20)8-4-14/h2-10,12H,1,11H2,(H,22,25)/b23-19+. The largest absolute Gasteiger partial charge is 0.311 e. The monoisotopic (exact) mass is 431 g/mol. The van der Waals surface area contributed by atoms with Crippen LogP contribution in [-0.4, -0.2) is 10.5 Å². The van der Waals surface area contributed by atoms with Crippen LogP contribution in [-0.2, 0) is 6.54 Å². The number of benzene rings is 2. The van der Waals surface area contributed by atoms with Gasteiger partial charge >= 0.3 is 0 Å². The maximum Gasteiger partial charge on any atom is 0.271 e. The number of aromatic nitrogens is 1. The van der Waals surface area contributed by atoms with E-state index in [1.165, 1.54) is 23.5 Å². The third-order valence-electron chi connectivity index (χ3n) is 3.61. The maximum absolute atomic E-state index is 13.2. The van der Waals surface area contributed by atoms with Gasteiger partial charge in [-0.1, -0.05) is 22.0 Å². The topological polar surface area (TPSA) is 46.4 Å². The molecule has 0 radical (unpaired) electrons. The van der Waals surface area contributed by atoms with Crippen LogP contribution < -0.4 is 10.2 Å².